The van der Waals surface area contributed by atoms with Crippen molar-refractivity contribution in [3.63, 3.8) is 0 Å². The molecule has 1 aromatic rings. The predicted octanol–water partition coefficient (Wildman–Crippen LogP) is 3.04. The molecule has 90 valence electrons. The molecule has 0 saturated heterocycles. The first-order valence-corrected chi connectivity index (χ1v) is 6.06. The molecule has 0 fully saturated rings. The zero-order chi connectivity index (χ0) is 12.2. The van der Waals surface area contributed by atoms with E-state index in [4.69, 9.17) is 0 Å². The quantitative estimate of drug-likeness (QED) is 0.843. The topological polar surface area (TPSA) is 24.9 Å². The second-order valence-corrected chi connectivity index (χ2v) is 5.77. The molecular weight excluding hydrogens is 196 g/mol. The van der Waals surface area contributed by atoms with Crippen molar-refractivity contribution in [3.8, 4) is 0 Å². The Morgan fingerprint density at radius 3 is 2.38 bits per heavy atom. The Labute approximate surface area is 99.5 Å². The van der Waals surface area contributed by atoms with Gasteiger partial charge < -0.3 is 5.32 Å². The summed E-state index contributed by atoms with van der Waals surface area (Å²) in [7, 11) is 0. The number of aromatic nitrogens is 1. The van der Waals surface area contributed by atoms with Crippen molar-refractivity contribution in [2.45, 2.75) is 52.6 Å². The lowest BCUT2D eigenvalue weighted by Gasteiger charge is -2.31. The molecule has 1 rings (SSSR count). The van der Waals surface area contributed by atoms with E-state index in [1.54, 1.807) is 0 Å². The first kappa shape index (κ1) is 13.2. The third kappa shape index (κ3) is 4.75. The van der Waals surface area contributed by atoms with Crippen LogP contribution in [0.3, 0.4) is 0 Å². The molecule has 1 N–H and O–H groups in total. The number of nitrogens with one attached hydrogen (secondary N) is 1. The van der Waals surface area contributed by atoms with Gasteiger partial charge in [0.2, 0.25) is 0 Å². The van der Waals surface area contributed by atoms with Gasteiger partial charge in [0, 0.05) is 29.9 Å². The highest BCUT2D eigenvalue weighted by Crippen LogP contribution is 2.12. The highest BCUT2D eigenvalue weighted by Gasteiger charge is 2.20. The Bertz CT molecular complexity index is 298. The lowest BCUT2D eigenvalue weighted by Crippen LogP contribution is -2.47. The molecule has 16 heavy (non-hydrogen) atoms. The molecule has 1 atom stereocenters. The molecule has 0 aliphatic heterocycles. The summed E-state index contributed by atoms with van der Waals surface area (Å²) in [4.78, 5) is 4.39. The molecular formula is C14H24N2. The van der Waals surface area contributed by atoms with Gasteiger partial charge in [-0.25, -0.2) is 0 Å². The van der Waals surface area contributed by atoms with Gasteiger partial charge >= 0.3 is 0 Å². The molecule has 0 bridgehead atoms. The first-order chi connectivity index (χ1) is 7.38. The standard InChI is InChI=1S/C14H24N2/c1-11(2)13(16-14(3,4)5)10-12-8-6-7-9-15-12/h6-9,11,13,16H,10H2,1-5H3. The van der Waals surface area contributed by atoms with E-state index in [9.17, 15) is 0 Å². The zero-order valence-corrected chi connectivity index (χ0v) is 11.1. The van der Waals surface area contributed by atoms with Crippen LogP contribution in [-0.4, -0.2) is 16.6 Å². The second-order valence-electron chi connectivity index (χ2n) is 5.77. The zero-order valence-electron chi connectivity index (χ0n) is 11.1. The van der Waals surface area contributed by atoms with Crippen LogP contribution < -0.4 is 5.32 Å². The number of hydrogen-bond donors (Lipinski definition) is 1. The maximum Gasteiger partial charge on any atom is 0.0419 e. The summed E-state index contributed by atoms with van der Waals surface area (Å²) in [6, 6.07) is 6.59. The number of nitrogens with zero attached hydrogens (tertiary/aromatic N) is 1. The fourth-order valence-electron chi connectivity index (χ4n) is 1.75. The molecule has 0 aromatic carbocycles. The Morgan fingerprint density at radius 2 is 1.94 bits per heavy atom. The van der Waals surface area contributed by atoms with Crippen molar-refractivity contribution in [1.82, 2.24) is 10.3 Å². The fraction of sp³-hybridized carbons (Fsp3) is 0.643. The molecule has 1 aromatic heterocycles. The van der Waals surface area contributed by atoms with Crippen LogP contribution >= 0.6 is 0 Å². The molecule has 0 aliphatic carbocycles. The van der Waals surface area contributed by atoms with Crippen LogP contribution in [0.25, 0.3) is 0 Å². The van der Waals surface area contributed by atoms with Gasteiger partial charge in [-0.2, -0.15) is 0 Å². The van der Waals surface area contributed by atoms with Crippen LogP contribution in [-0.2, 0) is 6.42 Å². The molecule has 0 aliphatic rings. The summed E-state index contributed by atoms with van der Waals surface area (Å²) in [5, 5.41) is 3.66. The minimum Gasteiger partial charge on any atom is -0.309 e. The van der Waals surface area contributed by atoms with Gasteiger partial charge in [0.25, 0.3) is 0 Å². The summed E-state index contributed by atoms with van der Waals surface area (Å²) in [6.45, 7) is 11.1. The average Bonchev–Trinajstić information content (AvgIpc) is 2.16. The third-order valence-corrected chi connectivity index (χ3v) is 2.58. The lowest BCUT2D eigenvalue weighted by molar-refractivity contribution is 0.300. The van der Waals surface area contributed by atoms with Crippen molar-refractivity contribution in [1.29, 1.82) is 0 Å². The van der Waals surface area contributed by atoms with Crippen molar-refractivity contribution in [2.24, 2.45) is 5.92 Å². The highest BCUT2D eigenvalue weighted by molar-refractivity contribution is 5.06. The van der Waals surface area contributed by atoms with Crippen LogP contribution in [0.4, 0.5) is 0 Å². The fourth-order valence-corrected chi connectivity index (χ4v) is 1.75. The highest BCUT2D eigenvalue weighted by atomic mass is 15.0. The summed E-state index contributed by atoms with van der Waals surface area (Å²) in [6.07, 6.45) is 2.86. The molecule has 0 amide bonds. The smallest absolute Gasteiger partial charge is 0.0419 e. The van der Waals surface area contributed by atoms with Crippen LogP contribution in [0.1, 0.15) is 40.3 Å². The number of hydrogen-bond acceptors (Lipinski definition) is 2. The molecule has 2 nitrogen and oxygen atoms in total. The molecule has 2 heteroatoms. The Balaban J connectivity index is 2.66. The maximum absolute atomic E-state index is 4.39. The monoisotopic (exact) mass is 220 g/mol. The number of rotatable bonds is 4. The third-order valence-electron chi connectivity index (χ3n) is 2.58. The summed E-state index contributed by atoms with van der Waals surface area (Å²) in [5.41, 5.74) is 1.32. The van der Waals surface area contributed by atoms with Gasteiger partial charge in [-0.15, -0.1) is 0 Å². The van der Waals surface area contributed by atoms with Gasteiger partial charge in [0.05, 0.1) is 0 Å². The van der Waals surface area contributed by atoms with E-state index in [0.717, 1.165) is 12.1 Å². The minimum atomic E-state index is 0.156. The van der Waals surface area contributed by atoms with Crippen LogP contribution in [0, 0.1) is 5.92 Å². The van der Waals surface area contributed by atoms with E-state index in [1.165, 1.54) is 0 Å². The Morgan fingerprint density at radius 1 is 1.25 bits per heavy atom. The van der Waals surface area contributed by atoms with Crippen molar-refractivity contribution in [2.75, 3.05) is 0 Å². The largest absolute Gasteiger partial charge is 0.309 e. The summed E-state index contributed by atoms with van der Waals surface area (Å²) < 4.78 is 0. The second kappa shape index (κ2) is 5.44. The average molecular weight is 220 g/mol. The number of pyridine rings is 1. The van der Waals surface area contributed by atoms with Gasteiger partial charge in [0.1, 0.15) is 0 Å². The minimum absolute atomic E-state index is 0.156. The maximum atomic E-state index is 4.39. The van der Waals surface area contributed by atoms with Crippen LogP contribution in [0.2, 0.25) is 0 Å². The summed E-state index contributed by atoms with van der Waals surface area (Å²) in [5.74, 6) is 0.612. The van der Waals surface area contributed by atoms with Gasteiger partial charge in [0.15, 0.2) is 0 Å². The van der Waals surface area contributed by atoms with E-state index in [2.05, 4.69) is 57.1 Å². The Kier molecular flexibility index (Phi) is 4.48. The molecule has 1 heterocycles. The van der Waals surface area contributed by atoms with Crippen molar-refractivity contribution >= 4 is 0 Å². The predicted molar refractivity (Wildman–Crippen MR) is 69.5 cm³/mol. The van der Waals surface area contributed by atoms with E-state index >= 15 is 0 Å². The van der Waals surface area contributed by atoms with Gasteiger partial charge in [-0.05, 0) is 38.8 Å². The van der Waals surface area contributed by atoms with Crippen LogP contribution in [0.5, 0.6) is 0 Å². The van der Waals surface area contributed by atoms with Crippen molar-refractivity contribution < 1.29 is 0 Å². The molecule has 1 unspecified atom stereocenters. The lowest BCUT2D eigenvalue weighted by atomic mass is 9.95. The SMILES string of the molecule is CC(C)C(Cc1ccccn1)NC(C)(C)C. The van der Waals surface area contributed by atoms with Gasteiger partial charge in [-0.3, -0.25) is 4.98 Å². The normalized spacial score (nSPS) is 14.1. The van der Waals surface area contributed by atoms with E-state index in [-0.39, 0.29) is 5.54 Å². The first-order valence-electron chi connectivity index (χ1n) is 6.06. The van der Waals surface area contributed by atoms with Crippen molar-refractivity contribution in [3.05, 3.63) is 30.1 Å². The molecule has 0 spiro atoms. The van der Waals surface area contributed by atoms with E-state index in [1.807, 2.05) is 12.3 Å². The molecule has 0 saturated carbocycles. The van der Waals surface area contributed by atoms with E-state index in [0.29, 0.717) is 12.0 Å². The summed E-state index contributed by atoms with van der Waals surface area (Å²) >= 11 is 0. The van der Waals surface area contributed by atoms with E-state index < -0.39 is 0 Å². The Hall–Kier alpha value is -0.890. The molecule has 0 radical (unpaired) electrons. The van der Waals surface area contributed by atoms with Crippen LogP contribution in [0.15, 0.2) is 24.4 Å². The van der Waals surface area contributed by atoms with Gasteiger partial charge in [-0.1, -0.05) is 19.9 Å².